The number of aromatic nitrogens is 2. The Hall–Kier alpha value is -2.43. The van der Waals surface area contributed by atoms with E-state index in [4.69, 9.17) is 9.97 Å². The molecule has 0 aliphatic carbocycles. The van der Waals surface area contributed by atoms with Crippen LogP contribution >= 0.6 is 0 Å². The molecular formula is C23H32N4O. The van der Waals surface area contributed by atoms with Crippen molar-refractivity contribution in [2.24, 2.45) is 5.41 Å². The van der Waals surface area contributed by atoms with Crippen LogP contribution in [0.15, 0.2) is 30.3 Å². The lowest BCUT2D eigenvalue weighted by atomic mass is 9.94. The first-order chi connectivity index (χ1) is 13.3. The summed E-state index contributed by atoms with van der Waals surface area (Å²) in [5.41, 5.74) is 3.28. The molecule has 5 heteroatoms. The molecule has 2 aromatic rings. The van der Waals surface area contributed by atoms with Gasteiger partial charge in [-0.15, -0.1) is 0 Å². The van der Waals surface area contributed by atoms with Crippen LogP contribution in [-0.4, -0.2) is 47.0 Å². The molecule has 1 fully saturated rings. The molecule has 150 valence electrons. The Bertz CT molecular complexity index is 818. The van der Waals surface area contributed by atoms with Gasteiger partial charge in [0.25, 0.3) is 0 Å². The van der Waals surface area contributed by atoms with Gasteiger partial charge in [0.1, 0.15) is 11.6 Å². The van der Waals surface area contributed by atoms with Crippen LogP contribution < -0.4 is 4.90 Å². The summed E-state index contributed by atoms with van der Waals surface area (Å²) in [5, 5.41) is 0. The molecule has 5 nitrogen and oxygen atoms in total. The van der Waals surface area contributed by atoms with Gasteiger partial charge >= 0.3 is 0 Å². The van der Waals surface area contributed by atoms with Crippen molar-refractivity contribution in [1.82, 2.24) is 14.9 Å². The number of carbonyl (C=O) groups is 1. The highest BCUT2D eigenvalue weighted by Gasteiger charge is 2.30. The monoisotopic (exact) mass is 380 g/mol. The number of amides is 1. The molecule has 1 aliphatic heterocycles. The van der Waals surface area contributed by atoms with E-state index in [0.717, 1.165) is 56.4 Å². The van der Waals surface area contributed by atoms with E-state index in [1.54, 1.807) is 0 Å². The van der Waals surface area contributed by atoms with E-state index in [2.05, 4.69) is 36.1 Å². The van der Waals surface area contributed by atoms with E-state index >= 15 is 0 Å². The maximum atomic E-state index is 12.6. The molecule has 0 spiro atoms. The third kappa shape index (κ3) is 4.51. The minimum Gasteiger partial charge on any atom is -0.353 e. The van der Waals surface area contributed by atoms with Crippen molar-refractivity contribution < 1.29 is 4.79 Å². The van der Waals surface area contributed by atoms with Crippen LogP contribution in [-0.2, 0) is 17.6 Å². The molecule has 1 saturated heterocycles. The number of nitrogens with zero attached hydrogens (tertiary/aromatic N) is 4. The maximum absolute atomic E-state index is 12.6. The first-order valence-electron chi connectivity index (χ1n) is 10.2. The van der Waals surface area contributed by atoms with Crippen LogP contribution in [0.2, 0.25) is 0 Å². The second-order valence-electron chi connectivity index (χ2n) is 8.56. The minimum atomic E-state index is -0.332. The highest BCUT2D eigenvalue weighted by Crippen LogP contribution is 2.27. The van der Waals surface area contributed by atoms with Crippen molar-refractivity contribution in [3.05, 3.63) is 53.0 Å². The van der Waals surface area contributed by atoms with Gasteiger partial charge in [0.05, 0.1) is 0 Å². The van der Waals surface area contributed by atoms with E-state index in [1.165, 1.54) is 11.1 Å². The Morgan fingerprint density at radius 1 is 1.04 bits per heavy atom. The number of rotatable bonds is 4. The molecule has 0 saturated carbocycles. The fourth-order valence-electron chi connectivity index (χ4n) is 3.77. The van der Waals surface area contributed by atoms with Gasteiger partial charge in [-0.3, -0.25) is 4.79 Å². The van der Waals surface area contributed by atoms with Crippen molar-refractivity contribution >= 4 is 11.7 Å². The summed E-state index contributed by atoms with van der Waals surface area (Å²) < 4.78 is 0. The van der Waals surface area contributed by atoms with Gasteiger partial charge in [0.15, 0.2) is 0 Å². The number of anilines is 1. The van der Waals surface area contributed by atoms with E-state index in [-0.39, 0.29) is 11.3 Å². The molecule has 1 aromatic carbocycles. The molecular weight excluding hydrogens is 348 g/mol. The molecule has 0 unspecified atom stereocenters. The quantitative estimate of drug-likeness (QED) is 0.813. The average Bonchev–Trinajstić information content (AvgIpc) is 2.68. The average molecular weight is 381 g/mol. The van der Waals surface area contributed by atoms with Crippen LogP contribution in [0.3, 0.4) is 0 Å². The van der Waals surface area contributed by atoms with E-state index in [9.17, 15) is 4.79 Å². The van der Waals surface area contributed by atoms with Crippen LogP contribution in [0, 0.1) is 12.3 Å². The van der Waals surface area contributed by atoms with Crippen molar-refractivity contribution in [2.45, 2.75) is 47.5 Å². The zero-order chi connectivity index (χ0) is 20.3. The lowest BCUT2D eigenvalue weighted by molar-refractivity contribution is -0.139. The molecule has 1 aromatic heterocycles. The second-order valence-corrected chi connectivity index (χ2v) is 8.56. The van der Waals surface area contributed by atoms with Crippen molar-refractivity contribution in [3.63, 3.8) is 0 Å². The lowest BCUT2D eigenvalue weighted by Crippen LogP contribution is -2.52. The zero-order valence-electron chi connectivity index (χ0n) is 17.8. The molecule has 2 heterocycles. The van der Waals surface area contributed by atoms with E-state index in [1.807, 2.05) is 38.7 Å². The number of hydrogen-bond acceptors (Lipinski definition) is 4. The first kappa shape index (κ1) is 20.3. The third-order valence-corrected chi connectivity index (χ3v) is 5.25. The Morgan fingerprint density at radius 2 is 1.68 bits per heavy atom. The van der Waals surface area contributed by atoms with Crippen LogP contribution in [0.4, 0.5) is 5.82 Å². The number of benzene rings is 1. The zero-order valence-corrected chi connectivity index (χ0v) is 17.8. The van der Waals surface area contributed by atoms with Crippen molar-refractivity contribution in [2.75, 3.05) is 31.1 Å². The fraction of sp³-hybridized carbons (Fsp3) is 0.522. The van der Waals surface area contributed by atoms with Crippen LogP contribution in [0.25, 0.3) is 0 Å². The predicted molar refractivity (Wildman–Crippen MR) is 114 cm³/mol. The van der Waals surface area contributed by atoms with Gasteiger partial charge in [-0.05, 0) is 18.9 Å². The molecule has 1 aliphatic rings. The smallest absolute Gasteiger partial charge is 0.228 e. The lowest BCUT2D eigenvalue weighted by Gasteiger charge is -2.39. The predicted octanol–water partition coefficient (Wildman–Crippen LogP) is 3.63. The standard InChI is InChI=1S/C23H32N4O/c1-6-20-19(16-18-10-8-7-9-11-18)21(25-17(2)24-20)26-12-14-27(15-13-26)22(28)23(3,4)5/h7-11H,6,12-16H2,1-5H3. The summed E-state index contributed by atoms with van der Waals surface area (Å²) >= 11 is 0. The SMILES string of the molecule is CCc1nc(C)nc(N2CCN(C(=O)C(C)(C)C)CC2)c1Cc1ccccc1. The van der Waals surface area contributed by atoms with Gasteiger partial charge < -0.3 is 9.80 Å². The first-order valence-corrected chi connectivity index (χ1v) is 10.2. The largest absolute Gasteiger partial charge is 0.353 e. The van der Waals surface area contributed by atoms with Gasteiger partial charge in [-0.1, -0.05) is 58.0 Å². The molecule has 28 heavy (non-hydrogen) atoms. The number of piperazine rings is 1. The summed E-state index contributed by atoms with van der Waals surface area (Å²) in [5.74, 6) is 2.08. The van der Waals surface area contributed by atoms with E-state index in [0.29, 0.717) is 0 Å². The Kier molecular flexibility index (Phi) is 6.01. The maximum Gasteiger partial charge on any atom is 0.228 e. The van der Waals surface area contributed by atoms with Gasteiger partial charge in [-0.2, -0.15) is 0 Å². The third-order valence-electron chi connectivity index (χ3n) is 5.25. The highest BCUT2D eigenvalue weighted by atomic mass is 16.2. The number of carbonyl (C=O) groups excluding carboxylic acids is 1. The molecule has 0 bridgehead atoms. The molecule has 0 radical (unpaired) electrons. The van der Waals surface area contributed by atoms with Crippen LogP contribution in [0.1, 0.15) is 50.3 Å². The van der Waals surface area contributed by atoms with Crippen LogP contribution in [0.5, 0.6) is 0 Å². The molecule has 0 atom stereocenters. The normalized spacial score (nSPS) is 15.0. The minimum absolute atomic E-state index is 0.227. The summed E-state index contributed by atoms with van der Waals surface area (Å²) in [4.78, 5) is 26.5. The molecule has 0 N–H and O–H groups in total. The van der Waals surface area contributed by atoms with Crippen molar-refractivity contribution in [3.8, 4) is 0 Å². The summed E-state index contributed by atoms with van der Waals surface area (Å²) in [6.45, 7) is 13.2. The Morgan fingerprint density at radius 3 is 2.25 bits per heavy atom. The summed E-state index contributed by atoms with van der Waals surface area (Å²) in [7, 11) is 0. The highest BCUT2D eigenvalue weighted by molar-refractivity contribution is 5.81. The Balaban J connectivity index is 1.86. The van der Waals surface area contributed by atoms with Gasteiger partial charge in [0.2, 0.25) is 5.91 Å². The summed E-state index contributed by atoms with van der Waals surface area (Å²) in [6.07, 6.45) is 1.72. The summed E-state index contributed by atoms with van der Waals surface area (Å²) in [6, 6.07) is 10.5. The molecule has 3 rings (SSSR count). The number of hydrogen-bond donors (Lipinski definition) is 0. The second kappa shape index (κ2) is 8.29. The van der Waals surface area contributed by atoms with Gasteiger partial charge in [0, 0.05) is 49.3 Å². The fourth-order valence-corrected chi connectivity index (χ4v) is 3.77. The van der Waals surface area contributed by atoms with Crippen molar-refractivity contribution in [1.29, 1.82) is 0 Å². The number of aryl methyl sites for hydroxylation is 2. The molecule has 1 amide bonds. The van der Waals surface area contributed by atoms with Gasteiger partial charge in [-0.25, -0.2) is 9.97 Å². The van der Waals surface area contributed by atoms with E-state index < -0.39 is 0 Å². The topological polar surface area (TPSA) is 49.3 Å². The Labute approximate surface area is 168 Å².